The number of rotatable bonds is 4. The Balaban J connectivity index is 2.12. The maximum absolute atomic E-state index is 12.1. The number of hydrogen-bond acceptors (Lipinski definition) is 2. The van der Waals surface area contributed by atoms with E-state index in [0.29, 0.717) is 0 Å². The number of carbonyl (C=O) groups excluding carboxylic acids is 1. The molecule has 98 valence electrons. The largest absolute Gasteiger partial charge is 0.329 e. The third kappa shape index (κ3) is 2.48. The van der Waals surface area contributed by atoms with Crippen LogP contribution in [0.25, 0.3) is 0 Å². The van der Waals surface area contributed by atoms with Gasteiger partial charge in [-0.2, -0.15) is 0 Å². The summed E-state index contributed by atoms with van der Waals surface area (Å²) in [5.41, 5.74) is 0.983. The second-order valence-electron chi connectivity index (χ2n) is 5.37. The lowest BCUT2D eigenvalue weighted by Crippen LogP contribution is -2.51. The molecule has 1 atom stereocenters. The highest BCUT2D eigenvalue weighted by molar-refractivity contribution is 5.78. The van der Waals surface area contributed by atoms with Gasteiger partial charge in [0.25, 0.3) is 0 Å². The van der Waals surface area contributed by atoms with Crippen LogP contribution in [0.5, 0.6) is 0 Å². The minimum atomic E-state index is -0.178. The van der Waals surface area contributed by atoms with Crippen molar-refractivity contribution in [2.24, 2.45) is 0 Å². The van der Waals surface area contributed by atoms with E-state index < -0.39 is 0 Å². The van der Waals surface area contributed by atoms with Crippen molar-refractivity contribution in [1.82, 2.24) is 15.5 Å². The summed E-state index contributed by atoms with van der Waals surface area (Å²) in [6, 6.07) is 10.2. The van der Waals surface area contributed by atoms with Crippen molar-refractivity contribution in [2.45, 2.75) is 25.4 Å². The highest BCUT2D eigenvalue weighted by atomic mass is 16.2. The lowest BCUT2D eigenvalue weighted by atomic mass is 10.0. The van der Waals surface area contributed by atoms with Crippen LogP contribution < -0.4 is 10.6 Å². The number of likely N-dealkylation sites (N-methyl/N-ethyl adjacent to an activating group) is 1. The number of carbonyl (C=O) groups is 1. The Morgan fingerprint density at radius 2 is 2.06 bits per heavy atom. The predicted octanol–water partition coefficient (Wildman–Crippen LogP) is 1.75. The molecule has 0 radical (unpaired) electrons. The quantitative estimate of drug-likeness (QED) is 0.851. The molecule has 0 spiro atoms. The van der Waals surface area contributed by atoms with E-state index in [1.165, 1.54) is 0 Å². The summed E-state index contributed by atoms with van der Waals surface area (Å²) < 4.78 is 0. The Morgan fingerprint density at radius 1 is 1.39 bits per heavy atom. The Hall–Kier alpha value is -1.55. The molecule has 0 aromatic heterocycles. The summed E-state index contributed by atoms with van der Waals surface area (Å²) in [5.74, 6) is 0. The Kier molecular flexibility index (Phi) is 3.57. The first-order chi connectivity index (χ1) is 8.54. The number of amides is 2. The molecule has 1 fully saturated rings. The van der Waals surface area contributed by atoms with Gasteiger partial charge in [-0.1, -0.05) is 30.3 Å². The van der Waals surface area contributed by atoms with E-state index in [0.717, 1.165) is 18.7 Å². The number of nitrogens with zero attached hydrogens (tertiary/aromatic N) is 1. The van der Waals surface area contributed by atoms with Crippen LogP contribution in [0.4, 0.5) is 4.79 Å². The first-order valence-corrected chi connectivity index (χ1v) is 6.32. The maximum Gasteiger partial charge on any atom is 0.318 e. The zero-order chi connectivity index (χ0) is 13.2. The van der Waals surface area contributed by atoms with Gasteiger partial charge in [0.05, 0.1) is 11.6 Å². The summed E-state index contributed by atoms with van der Waals surface area (Å²) >= 11 is 0. The van der Waals surface area contributed by atoms with Crippen LogP contribution in [0.15, 0.2) is 30.3 Å². The summed E-state index contributed by atoms with van der Waals surface area (Å²) in [6.45, 7) is 5.66. The number of hydrogen-bond donors (Lipinski definition) is 2. The van der Waals surface area contributed by atoms with Gasteiger partial charge in [-0.05, 0) is 26.5 Å². The van der Waals surface area contributed by atoms with Crippen LogP contribution in [-0.4, -0.2) is 36.6 Å². The molecule has 2 rings (SSSR count). The molecule has 0 saturated carbocycles. The minimum Gasteiger partial charge on any atom is -0.329 e. The molecule has 1 saturated heterocycles. The van der Waals surface area contributed by atoms with E-state index in [4.69, 9.17) is 0 Å². The van der Waals surface area contributed by atoms with E-state index in [9.17, 15) is 4.79 Å². The van der Waals surface area contributed by atoms with Crippen molar-refractivity contribution in [2.75, 3.05) is 20.1 Å². The molecular formula is C14H21N3O. The molecule has 1 aliphatic heterocycles. The SMILES string of the molecule is CNCC(C)(C)N1CC(c2ccccc2)NC1=O. The predicted molar refractivity (Wildman–Crippen MR) is 72.4 cm³/mol. The first kappa shape index (κ1) is 12.9. The molecule has 4 nitrogen and oxygen atoms in total. The fourth-order valence-electron chi connectivity index (χ4n) is 2.46. The zero-order valence-electron chi connectivity index (χ0n) is 11.2. The van der Waals surface area contributed by atoms with Crippen LogP contribution in [0, 0.1) is 0 Å². The third-order valence-electron chi connectivity index (χ3n) is 3.45. The van der Waals surface area contributed by atoms with E-state index in [-0.39, 0.29) is 17.6 Å². The molecule has 0 aliphatic carbocycles. The second-order valence-corrected chi connectivity index (χ2v) is 5.37. The van der Waals surface area contributed by atoms with Gasteiger partial charge >= 0.3 is 6.03 Å². The van der Waals surface area contributed by atoms with Crippen LogP contribution in [0.2, 0.25) is 0 Å². The van der Waals surface area contributed by atoms with Gasteiger partial charge in [0, 0.05) is 13.1 Å². The molecule has 1 unspecified atom stereocenters. The van der Waals surface area contributed by atoms with Crippen LogP contribution >= 0.6 is 0 Å². The molecule has 2 N–H and O–H groups in total. The Labute approximate surface area is 108 Å². The van der Waals surface area contributed by atoms with Crippen LogP contribution in [0.1, 0.15) is 25.5 Å². The fourth-order valence-corrected chi connectivity index (χ4v) is 2.46. The fraction of sp³-hybridized carbons (Fsp3) is 0.500. The summed E-state index contributed by atoms with van der Waals surface area (Å²) in [5, 5.41) is 6.18. The Bertz CT molecular complexity index is 416. The first-order valence-electron chi connectivity index (χ1n) is 6.32. The maximum atomic E-state index is 12.1. The topological polar surface area (TPSA) is 44.4 Å². The lowest BCUT2D eigenvalue weighted by Gasteiger charge is -2.34. The standard InChI is InChI=1S/C14H21N3O/c1-14(2,10-15-3)17-9-12(16-13(17)18)11-7-5-4-6-8-11/h4-8,12,15H,9-10H2,1-3H3,(H,16,18). The van der Waals surface area contributed by atoms with Crippen molar-refractivity contribution in [1.29, 1.82) is 0 Å². The highest BCUT2D eigenvalue weighted by Crippen LogP contribution is 2.25. The van der Waals surface area contributed by atoms with Crippen molar-refractivity contribution < 1.29 is 4.79 Å². The number of urea groups is 1. The van der Waals surface area contributed by atoms with E-state index in [1.807, 2.05) is 30.1 Å². The molecule has 2 amide bonds. The van der Waals surface area contributed by atoms with Crippen LogP contribution in [-0.2, 0) is 0 Å². The third-order valence-corrected chi connectivity index (χ3v) is 3.45. The van der Waals surface area contributed by atoms with Crippen LogP contribution in [0.3, 0.4) is 0 Å². The van der Waals surface area contributed by atoms with Gasteiger partial charge in [-0.15, -0.1) is 0 Å². The van der Waals surface area contributed by atoms with Crippen molar-refractivity contribution >= 4 is 6.03 Å². The highest BCUT2D eigenvalue weighted by Gasteiger charge is 2.38. The molecule has 1 aliphatic rings. The zero-order valence-corrected chi connectivity index (χ0v) is 11.2. The van der Waals surface area contributed by atoms with Crippen molar-refractivity contribution in [3.05, 3.63) is 35.9 Å². The molecular weight excluding hydrogens is 226 g/mol. The minimum absolute atomic E-state index is 0.0177. The van der Waals surface area contributed by atoms with E-state index in [1.54, 1.807) is 0 Å². The molecule has 18 heavy (non-hydrogen) atoms. The van der Waals surface area contributed by atoms with Gasteiger partial charge in [0.1, 0.15) is 0 Å². The van der Waals surface area contributed by atoms with E-state index >= 15 is 0 Å². The number of benzene rings is 1. The van der Waals surface area contributed by atoms with Gasteiger partial charge < -0.3 is 15.5 Å². The van der Waals surface area contributed by atoms with Gasteiger partial charge in [-0.3, -0.25) is 0 Å². The van der Waals surface area contributed by atoms with Crippen molar-refractivity contribution in [3.63, 3.8) is 0 Å². The van der Waals surface area contributed by atoms with Crippen molar-refractivity contribution in [3.8, 4) is 0 Å². The normalized spacial score (nSPS) is 20.1. The van der Waals surface area contributed by atoms with Gasteiger partial charge in [0.2, 0.25) is 0 Å². The average molecular weight is 247 g/mol. The summed E-state index contributed by atoms with van der Waals surface area (Å²) in [7, 11) is 1.91. The molecule has 1 aromatic rings. The smallest absolute Gasteiger partial charge is 0.318 e. The van der Waals surface area contributed by atoms with Gasteiger partial charge in [-0.25, -0.2) is 4.79 Å². The summed E-state index contributed by atoms with van der Waals surface area (Å²) in [4.78, 5) is 14.0. The molecule has 0 bridgehead atoms. The average Bonchev–Trinajstić information content (AvgIpc) is 2.73. The van der Waals surface area contributed by atoms with Gasteiger partial charge in [0.15, 0.2) is 0 Å². The monoisotopic (exact) mass is 247 g/mol. The lowest BCUT2D eigenvalue weighted by molar-refractivity contribution is 0.158. The van der Waals surface area contributed by atoms with E-state index in [2.05, 4.69) is 36.6 Å². The Morgan fingerprint density at radius 3 is 2.67 bits per heavy atom. The molecule has 1 heterocycles. The number of nitrogens with one attached hydrogen (secondary N) is 2. The summed E-state index contributed by atoms with van der Waals surface area (Å²) in [6.07, 6.45) is 0. The molecule has 4 heteroatoms. The second kappa shape index (κ2) is 4.98. The molecule has 1 aromatic carbocycles.